The van der Waals surface area contributed by atoms with Gasteiger partial charge in [-0.1, -0.05) is 36.4 Å². The molecule has 5 rings (SSSR count). The molecule has 1 fully saturated rings. The monoisotopic (exact) mass is 306 g/mol. The zero-order chi connectivity index (χ0) is 14.7. The van der Waals surface area contributed by atoms with Crippen molar-refractivity contribution in [2.75, 3.05) is 13.1 Å². The highest BCUT2D eigenvalue weighted by atomic mass is 32.1. The zero-order valence-corrected chi connectivity index (χ0v) is 12.7. The summed E-state index contributed by atoms with van der Waals surface area (Å²) in [5, 5.41) is 3.00. The number of thiophene rings is 1. The normalized spacial score (nSPS) is 15.1. The standard InChI is InChI=1S/C18H14N2OS/c21-18-13-6-2-1-5-12(13)17-15(19-18)14-7-3-4-11(16(14)22-17)10-20-8-9-20/h1-7H,8-10H2,(H,19,21). The number of H-pyrrole nitrogens is 1. The SMILES string of the molecule is O=c1[nH]c2c3cccc(CN4CC4)c3sc2c2ccccc12. The van der Waals surface area contributed by atoms with Crippen LogP contribution in [0.3, 0.4) is 0 Å². The van der Waals surface area contributed by atoms with Crippen LogP contribution >= 0.6 is 11.3 Å². The van der Waals surface area contributed by atoms with Crippen molar-refractivity contribution < 1.29 is 0 Å². The van der Waals surface area contributed by atoms with Crippen LogP contribution in [-0.4, -0.2) is 23.0 Å². The number of hydrogen-bond donors (Lipinski definition) is 1. The van der Waals surface area contributed by atoms with Gasteiger partial charge in [0.25, 0.3) is 5.56 Å². The van der Waals surface area contributed by atoms with Crippen molar-refractivity contribution >= 4 is 42.4 Å². The van der Waals surface area contributed by atoms with E-state index >= 15 is 0 Å². The van der Waals surface area contributed by atoms with E-state index in [9.17, 15) is 4.79 Å². The molecule has 1 aliphatic rings. The first-order valence-electron chi connectivity index (χ1n) is 7.49. The van der Waals surface area contributed by atoms with Gasteiger partial charge in [-0.3, -0.25) is 9.69 Å². The maximum atomic E-state index is 12.3. The molecule has 4 aromatic rings. The van der Waals surface area contributed by atoms with E-state index < -0.39 is 0 Å². The summed E-state index contributed by atoms with van der Waals surface area (Å²) in [7, 11) is 0. The molecule has 108 valence electrons. The van der Waals surface area contributed by atoms with Crippen LogP contribution in [0.4, 0.5) is 0 Å². The van der Waals surface area contributed by atoms with Gasteiger partial charge in [0.1, 0.15) is 0 Å². The molecular weight excluding hydrogens is 292 g/mol. The van der Waals surface area contributed by atoms with Crippen molar-refractivity contribution in [2.45, 2.75) is 6.54 Å². The molecule has 2 aromatic carbocycles. The van der Waals surface area contributed by atoms with Crippen molar-refractivity contribution in [1.29, 1.82) is 0 Å². The van der Waals surface area contributed by atoms with Crippen molar-refractivity contribution in [1.82, 2.24) is 9.88 Å². The van der Waals surface area contributed by atoms with E-state index in [2.05, 4.69) is 28.1 Å². The average molecular weight is 306 g/mol. The van der Waals surface area contributed by atoms with Crippen LogP contribution < -0.4 is 5.56 Å². The predicted molar refractivity (Wildman–Crippen MR) is 92.7 cm³/mol. The predicted octanol–water partition coefficient (Wildman–Crippen LogP) is 3.71. The van der Waals surface area contributed by atoms with E-state index in [1.54, 1.807) is 11.3 Å². The third-order valence-corrected chi connectivity index (χ3v) is 5.70. The van der Waals surface area contributed by atoms with Gasteiger partial charge in [0, 0.05) is 40.5 Å². The molecule has 0 aliphatic carbocycles. The highest BCUT2D eigenvalue weighted by molar-refractivity contribution is 7.26. The molecule has 2 aromatic heterocycles. The van der Waals surface area contributed by atoms with Gasteiger partial charge < -0.3 is 4.98 Å². The number of hydrogen-bond acceptors (Lipinski definition) is 3. The van der Waals surface area contributed by atoms with Crippen molar-refractivity contribution in [3.63, 3.8) is 0 Å². The van der Waals surface area contributed by atoms with Gasteiger partial charge in [-0.05, 0) is 11.6 Å². The Bertz CT molecular complexity index is 1090. The fraction of sp³-hybridized carbons (Fsp3) is 0.167. The summed E-state index contributed by atoms with van der Waals surface area (Å²) in [6, 6.07) is 14.3. The Hall–Kier alpha value is -2.17. The molecule has 4 heteroatoms. The second-order valence-corrected chi connectivity index (χ2v) is 6.90. The summed E-state index contributed by atoms with van der Waals surface area (Å²) in [4.78, 5) is 17.9. The Morgan fingerprint density at radius 2 is 1.73 bits per heavy atom. The number of aromatic nitrogens is 1. The topological polar surface area (TPSA) is 35.9 Å². The van der Waals surface area contributed by atoms with Crippen LogP contribution in [0, 0.1) is 0 Å². The van der Waals surface area contributed by atoms with Crippen LogP contribution in [0.5, 0.6) is 0 Å². The zero-order valence-electron chi connectivity index (χ0n) is 11.9. The minimum atomic E-state index is -0.000791. The van der Waals surface area contributed by atoms with Crippen LogP contribution in [0.25, 0.3) is 31.1 Å². The maximum Gasteiger partial charge on any atom is 0.256 e. The molecule has 1 aliphatic heterocycles. The van der Waals surface area contributed by atoms with E-state index in [1.165, 1.54) is 33.4 Å². The lowest BCUT2D eigenvalue weighted by Gasteiger charge is -2.02. The summed E-state index contributed by atoms with van der Waals surface area (Å²) < 4.78 is 2.49. The Labute approximate surface area is 130 Å². The number of aromatic amines is 1. The fourth-order valence-corrected chi connectivity index (χ4v) is 4.44. The Kier molecular flexibility index (Phi) is 2.48. The van der Waals surface area contributed by atoms with Gasteiger partial charge in [-0.15, -0.1) is 11.3 Å². The third-order valence-electron chi connectivity index (χ3n) is 4.39. The lowest BCUT2D eigenvalue weighted by Crippen LogP contribution is -2.05. The van der Waals surface area contributed by atoms with Gasteiger partial charge in [0.15, 0.2) is 0 Å². The van der Waals surface area contributed by atoms with Crippen LogP contribution in [-0.2, 0) is 6.54 Å². The maximum absolute atomic E-state index is 12.3. The molecule has 0 saturated carbocycles. The fourth-order valence-electron chi connectivity index (χ4n) is 3.15. The summed E-state index contributed by atoms with van der Waals surface area (Å²) in [6.45, 7) is 3.40. The molecule has 1 N–H and O–H groups in total. The van der Waals surface area contributed by atoms with Crippen molar-refractivity contribution in [3.8, 4) is 0 Å². The highest BCUT2D eigenvalue weighted by Gasteiger charge is 2.20. The number of pyridine rings is 1. The minimum Gasteiger partial charge on any atom is -0.320 e. The molecule has 3 heterocycles. The Morgan fingerprint density at radius 1 is 0.955 bits per heavy atom. The molecule has 1 saturated heterocycles. The van der Waals surface area contributed by atoms with Crippen LogP contribution in [0.2, 0.25) is 0 Å². The minimum absolute atomic E-state index is 0.000791. The smallest absolute Gasteiger partial charge is 0.256 e. The molecule has 0 radical (unpaired) electrons. The largest absolute Gasteiger partial charge is 0.320 e. The molecule has 0 atom stereocenters. The Balaban J connectivity index is 1.93. The number of nitrogens with zero attached hydrogens (tertiary/aromatic N) is 1. The lowest BCUT2D eigenvalue weighted by molar-refractivity contribution is 0.559. The number of nitrogens with one attached hydrogen (secondary N) is 1. The molecule has 3 nitrogen and oxygen atoms in total. The molecule has 0 amide bonds. The van der Waals surface area contributed by atoms with E-state index in [0.717, 1.165) is 22.8 Å². The first kappa shape index (κ1) is 12.4. The highest BCUT2D eigenvalue weighted by Crippen LogP contribution is 2.38. The second kappa shape index (κ2) is 4.41. The summed E-state index contributed by atoms with van der Waals surface area (Å²) in [6.07, 6.45) is 0. The van der Waals surface area contributed by atoms with E-state index in [1.807, 2.05) is 24.3 Å². The van der Waals surface area contributed by atoms with E-state index in [4.69, 9.17) is 0 Å². The van der Waals surface area contributed by atoms with E-state index in [0.29, 0.717) is 0 Å². The van der Waals surface area contributed by atoms with Gasteiger partial charge >= 0.3 is 0 Å². The first-order chi connectivity index (χ1) is 10.8. The summed E-state index contributed by atoms with van der Waals surface area (Å²) >= 11 is 1.80. The van der Waals surface area contributed by atoms with Gasteiger partial charge in [-0.25, -0.2) is 0 Å². The third kappa shape index (κ3) is 1.74. The molecular formula is C18H14N2OS. The summed E-state index contributed by atoms with van der Waals surface area (Å²) in [5.74, 6) is 0. The van der Waals surface area contributed by atoms with Crippen molar-refractivity contribution in [2.24, 2.45) is 0 Å². The quantitative estimate of drug-likeness (QED) is 0.573. The van der Waals surface area contributed by atoms with Gasteiger partial charge in [-0.2, -0.15) is 0 Å². The lowest BCUT2D eigenvalue weighted by atomic mass is 10.1. The van der Waals surface area contributed by atoms with Crippen molar-refractivity contribution in [3.05, 3.63) is 58.4 Å². The molecule has 22 heavy (non-hydrogen) atoms. The number of fused-ring (bicyclic) bond motifs is 5. The van der Waals surface area contributed by atoms with Crippen LogP contribution in [0.1, 0.15) is 5.56 Å². The van der Waals surface area contributed by atoms with Crippen LogP contribution in [0.15, 0.2) is 47.3 Å². The molecule has 0 bridgehead atoms. The Morgan fingerprint density at radius 3 is 2.55 bits per heavy atom. The number of benzene rings is 2. The first-order valence-corrected chi connectivity index (χ1v) is 8.30. The van der Waals surface area contributed by atoms with Gasteiger partial charge in [0.05, 0.1) is 10.2 Å². The average Bonchev–Trinajstić information content (AvgIpc) is 3.28. The molecule has 0 spiro atoms. The van der Waals surface area contributed by atoms with E-state index in [-0.39, 0.29) is 5.56 Å². The number of rotatable bonds is 2. The second-order valence-electron chi connectivity index (χ2n) is 5.88. The summed E-state index contributed by atoms with van der Waals surface area (Å²) in [5.41, 5.74) is 2.34. The molecule has 0 unspecified atom stereocenters. The van der Waals surface area contributed by atoms with Gasteiger partial charge in [0.2, 0.25) is 0 Å².